The lowest BCUT2D eigenvalue weighted by Crippen LogP contribution is -1.93. The highest BCUT2D eigenvalue weighted by molar-refractivity contribution is 7.19. The maximum Gasteiger partial charge on any atom is 0.0384 e. The molecule has 0 amide bonds. The molecule has 0 fully saturated rings. The molecular formula is C30H46S2. The van der Waals surface area contributed by atoms with E-state index in [9.17, 15) is 0 Å². The van der Waals surface area contributed by atoms with Gasteiger partial charge in [-0.1, -0.05) is 104 Å². The van der Waals surface area contributed by atoms with Gasteiger partial charge >= 0.3 is 0 Å². The van der Waals surface area contributed by atoms with Gasteiger partial charge in [-0.15, -0.1) is 22.7 Å². The highest BCUT2D eigenvalue weighted by Gasteiger charge is 2.15. The lowest BCUT2D eigenvalue weighted by molar-refractivity contribution is 0.576. The van der Waals surface area contributed by atoms with Gasteiger partial charge in [0.2, 0.25) is 0 Å². The summed E-state index contributed by atoms with van der Waals surface area (Å²) in [7, 11) is 0. The first-order valence-electron chi connectivity index (χ1n) is 13.7. The summed E-state index contributed by atoms with van der Waals surface area (Å²) in [5.74, 6) is 0. The van der Waals surface area contributed by atoms with E-state index >= 15 is 0 Å². The molecule has 2 heteroatoms. The van der Waals surface area contributed by atoms with Gasteiger partial charge < -0.3 is 0 Å². The molecule has 0 unspecified atom stereocenters. The molecule has 2 heterocycles. The molecule has 0 atom stereocenters. The fourth-order valence-corrected chi connectivity index (χ4v) is 7.20. The normalized spacial score (nSPS) is 11.8. The third-order valence-electron chi connectivity index (χ3n) is 7.09. The highest BCUT2D eigenvalue weighted by atomic mass is 32.1. The molecule has 0 saturated heterocycles. The van der Waals surface area contributed by atoms with E-state index in [1.165, 1.54) is 116 Å². The molecule has 0 aliphatic heterocycles. The molecule has 0 saturated carbocycles. The van der Waals surface area contributed by atoms with E-state index in [-0.39, 0.29) is 0 Å². The second-order valence-electron chi connectivity index (χ2n) is 9.73. The molecule has 178 valence electrons. The summed E-state index contributed by atoms with van der Waals surface area (Å²) < 4.78 is 3.18. The van der Waals surface area contributed by atoms with Crippen molar-refractivity contribution in [2.75, 3.05) is 0 Å². The van der Waals surface area contributed by atoms with E-state index in [2.05, 4.69) is 36.7 Å². The Morgan fingerprint density at radius 3 is 1.19 bits per heavy atom. The standard InChI is InChI=1S/C30H46S2/c1-3-5-7-9-11-13-15-17-19-25-27-21-23-32-30(27)26(28-22-24-31-29(25)28)20-18-16-14-12-10-8-6-4-2/h21-24H,3-20H2,1-2H3. The molecule has 0 spiro atoms. The number of hydrogen-bond donors (Lipinski definition) is 0. The van der Waals surface area contributed by atoms with E-state index < -0.39 is 0 Å². The largest absolute Gasteiger partial charge is 0.143 e. The molecule has 0 N–H and O–H groups in total. The van der Waals surface area contributed by atoms with Crippen LogP contribution in [-0.2, 0) is 12.8 Å². The quantitative estimate of drug-likeness (QED) is 0.162. The first-order valence-corrected chi connectivity index (χ1v) is 15.5. The van der Waals surface area contributed by atoms with Gasteiger partial charge in [-0.05, 0) is 70.5 Å². The van der Waals surface area contributed by atoms with Gasteiger partial charge in [0.25, 0.3) is 0 Å². The summed E-state index contributed by atoms with van der Waals surface area (Å²) in [6.45, 7) is 4.61. The number of fused-ring (bicyclic) bond motifs is 2. The number of thiophene rings is 2. The van der Waals surface area contributed by atoms with E-state index in [1.807, 2.05) is 22.7 Å². The third kappa shape index (κ3) is 7.59. The van der Waals surface area contributed by atoms with E-state index in [1.54, 1.807) is 31.3 Å². The van der Waals surface area contributed by atoms with Gasteiger partial charge in [0, 0.05) is 9.40 Å². The van der Waals surface area contributed by atoms with E-state index in [0.717, 1.165) is 0 Å². The topological polar surface area (TPSA) is 0 Å². The van der Waals surface area contributed by atoms with Gasteiger partial charge in [0.1, 0.15) is 0 Å². The summed E-state index contributed by atoms with van der Waals surface area (Å²) in [6, 6.07) is 4.83. The summed E-state index contributed by atoms with van der Waals surface area (Å²) in [5.41, 5.74) is 3.30. The number of benzene rings is 1. The van der Waals surface area contributed by atoms with Crippen molar-refractivity contribution in [2.24, 2.45) is 0 Å². The summed E-state index contributed by atoms with van der Waals surface area (Å²) in [5, 5.41) is 7.82. The van der Waals surface area contributed by atoms with Crippen LogP contribution in [0.25, 0.3) is 20.2 Å². The fraction of sp³-hybridized carbons (Fsp3) is 0.667. The van der Waals surface area contributed by atoms with Crippen LogP contribution in [0.4, 0.5) is 0 Å². The minimum Gasteiger partial charge on any atom is -0.143 e. The first-order chi connectivity index (χ1) is 15.9. The molecular weight excluding hydrogens is 424 g/mol. The van der Waals surface area contributed by atoms with Crippen molar-refractivity contribution in [3.63, 3.8) is 0 Å². The molecule has 3 rings (SSSR count). The number of aryl methyl sites for hydroxylation is 2. The van der Waals surface area contributed by atoms with Crippen molar-refractivity contribution >= 4 is 42.8 Å². The van der Waals surface area contributed by atoms with E-state index in [0.29, 0.717) is 0 Å². The van der Waals surface area contributed by atoms with Crippen LogP contribution < -0.4 is 0 Å². The van der Waals surface area contributed by atoms with Crippen LogP contribution in [0.1, 0.15) is 128 Å². The molecule has 0 aliphatic rings. The number of unbranched alkanes of at least 4 members (excludes halogenated alkanes) is 14. The van der Waals surface area contributed by atoms with Crippen LogP contribution in [0.15, 0.2) is 22.9 Å². The lowest BCUT2D eigenvalue weighted by Gasteiger charge is -2.12. The van der Waals surface area contributed by atoms with E-state index in [4.69, 9.17) is 0 Å². The number of rotatable bonds is 18. The Balaban J connectivity index is 1.54. The maximum atomic E-state index is 2.41. The summed E-state index contributed by atoms with van der Waals surface area (Å²) in [4.78, 5) is 0. The van der Waals surface area contributed by atoms with Crippen LogP contribution in [0.2, 0.25) is 0 Å². The summed E-state index contributed by atoms with van der Waals surface area (Å²) in [6.07, 6.45) is 25.0. The Hall–Kier alpha value is -0.860. The monoisotopic (exact) mass is 470 g/mol. The average Bonchev–Trinajstić information content (AvgIpc) is 3.48. The van der Waals surface area contributed by atoms with Crippen LogP contribution in [0.3, 0.4) is 0 Å². The molecule has 2 aromatic heterocycles. The number of hydrogen-bond acceptors (Lipinski definition) is 2. The van der Waals surface area contributed by atoms with Crippen LogP contribution >= 0.6 is 22.7 Å². The first kappa shape index (κ1) is 25.8. The van der Waals surface area contributed by atoms with Crippen molar-refractivity contribution in [3.05, 3.63) is 34.0 Å². The molecule has 0 radical (unpaired) electrons. The van der Waals surface area contributed by atoms with Gasteiger partial charge in [-0.2, -0.15) is 0 Å². The second-order valence-corrected chi connectivity index (χ2v) is 11.6. The second kappa shape index (κ2) is 15.1. The zero-order valence-corrected chi connectivity index (χ0v) is 22.5. The Kier molecular flexibility index (Phi) is 12.2. The van der Waals surface area contributed by atoms with Gasteiger partial charge in [-0.25, -0.2) is 0 Å². The minimum atomic E-state index is 1.26. The predicted molar refractivity (Wildman–Crippen MR) is 150 cm³/mol. The minimum absolute atomic E-state index is 1.26. The Bertz CT molecular complexity index is 764. The van der Waals surface area contributed by atoms with Gasteiger partial charge in [0.15, 0.2) is 0 Å². The fourth-order valence-electron chi connectivity index (χ4n) is 5.17. The Labute approximate surface area is 205 Å². The molecule has 3 aromatic rings. The molecule has 0 nitrogen and oxygen atoms in total. The van der Waals surface area contributed by atoms with Crippen molar-refractivity contribution in [3.8, 4) is 0 Å². The molecule has 1 aromatic carbocycles. The van der Waals surface area contributed by atoms with Gasteiger partial charge in [0.05, 0.1) is 0 Å². The van der Waals surface area contributed by atoms with Crippen molar-refractivity contribution in [2.45, 2.75) is 129 Å². The van der Waals surface area contributed by atoms with Crippen molar-refractivity contribution in [1.82, 2.24) is 0 Å². The highest BCUT2D eigenvalue weighted by Crippen LogP contribution is 2.40. The Morgan fingerprint density at radius 2 is 0.812 bits per heavy atom. The molecule has 32 heavy (non-hydrogen) atoms. The van der Waals surface area contributed by atoms with Gasteiger partial charge in [-0.3, -0.25) is 0 Å². The third-order valence-corrected chi connectivity index (χ3v) is 9.04. The zero-order valence-electron chi connectivity index (χ0n) is 20.9. The smallest absolute Gasteiger partial charge is 0.0384 e. The van der Waals surface area contributed by atoms with Crippen LogP contribution in [0, 0.1) is 0 Å². The van der Waals surface area contributed by atoms with Crippen molar-refractivity contribution < 1.29 is 0 Å². The average molecular weight is 471 g/mol. The van der Waals surface area contributed by atoms with Crippen LogP contribution in [0.5, 0.6) is 0 Å². The predicted octanol–water partition coefficient (Wildman–Crippen LogP) is 11.5. The molecule has 0 bridgehead atoms. The van der Waals surface area contributed by atoms with Crippen LogP contribution in [-0.4, -0.2) is 0 Å². The molecule has 0 aliphatic carbocycles. The lowest BCUT2D eigenvalue weighted by atomic mass is 9.95. The van der Waals surface area contributed by atoms with Crippen molar-refractivity contribution in [1.29, 1.82) is 0 Å². The zero-order chi connectivity index (χ0) is 22.4. The maximum absolute atomic E-state index is 2.41. The summed E-state index contributed by atoms with van der Waals surface area (Å²) >= 11 is 3.97. The SMILES string of the molecule is CCCCCCCCCCc1c2ccsc2c(CCCCCCCCCC)c2ccsc12. The Morgan fingerprint density at radius 1 is 0.469 bits per heavy atom.